The first kappa shape index (κ1) is 13.4. The Morgan fingerprint density at radius 1 is 1.35 bits per heavy atom. The first-order chi connectivity index (χ1) is 8.02. The topological polar surface area (TPSA) is 3.24 Å². The molecule has 1 fully saturated rings. The molecule has 0 amide bonds. The summed E-state index contributed by atoms with van der Waals surface area (Å²) in [5, 5.41) is 0.902. The third-order valence-corrected chi connectivity index (χ3v) is 4.79. The summed E-state index contributed by atoms with van der Waals surface area (Å²) in [7, 11) is 0. The van der Waals surface area contributed by atoms with E-state index in [2.05, 4.69) is 68.8 Å². The molecule has 3 heteroatoms. The molecule has 0 spiro atoms. The van der Waals surface area contributed by atoms with Crippen LogP contribution in [0.25, 0.3) is 0 Å². The second-order valence-corrected chi connectivity index (χ2v) is 7.01. The molecule has 0 aromatic heterocycles. The van der Waals surface area contributed by atoms with E-state index in [-0.39, 0.29) is 0 Å². The van der Waals surface area contributed by atoms with Crippen molar-refractivity contribution in [2.24, 2.45) is 5.41 Å². The average Bonchev–Trinajstić information content (AvgIpc) is 2.27. The molecule has 1 nitrogen and oxygen atoms in total. The molecule has 1 aliphatic heterocycles. The maximum absolute atomic E-state index is 3.65. The van der Waals surface area contributed by atoms with Gasteiger partial charge < -0.3 is 4.90 Å². The summed E-state index contributed by atoms with van der Waals surface area (Å²) in [4.78, 5) is 2.51. The Morgan fingerprint density at radius 2 is 2.12 bits per heavy atom. The zero-order chi connectivity index (χ0) is 12.5. The van der Waals surface area contributed by atoms with Crippen LogP contribution in [0.5, 0.6) is 0 Å². The predicted octanol–water partition coefficient (Wildman–Crippen LogP) is 4.97. The number of benzene rings is 1. The van der Waals surface area contributed by atoms with Gasteiger partial charge in [-0.15, -0.1) is 0 Å². The fourth-order valence-electron chi connectivity index (χ4n) is 2.48. The third-order valence-electron chi connectivity index (χ3n) is 3.45. The zero-order valence-corrected chi connectivity index (χ0v) is 13.6. The van der Waals surface area contributed by atoms with Crippen molar-refractivity contribution in [3.63, 3.8) is 0 Å². The van der Waals surface area contributed by atoms with Crippen molar-refractivity contribution in [2.75, 3.05) is 18.0 Å². The Hall–Kier alpha value is -0.0200. The molecule has 0 bridgehead atoms. The molecule has 1 aromatic rings. The van der Waals surface area contributed by atoms with Gasteiger partial charge in [-0.05, 0) is 36.0 Å². The second-order valence-electron chi connectivity index (χ2n) is 5.60. The van der Waals surface area contributed by atoms with Gasteiger partial charge in [0.1, 0.15) is 0 Å². The number of hydrogen-bond donors (Lipinski definition) is 0. The van der Waals surface area contributed by atoms with E-state index >= 15 is 0 Å². The van der Waals surface area contributed by atoms with Crippen molar-refractivity contribution in [1.82, 2.24) is 0 Å². The predicted molar refractivity (Wildman–Crippen MR) is 82.0 cm³/mol. The van der Waals surface area contributed by atoms with Crippen LogP contribution in [0.4, 0.5) is 5.69 Å². The quantitative estimate of drug-likeness (QED) is 0.673. The van der Waals surface area contributed by atoms with Crippen molar-refractivity contribution < 1.29 is 0 Å². The number of piperidine rings is 1. The summed E-state index contributed by atoms with van der Waals surface area (Å²) in [6.45, 7) is 7.07. The molecular formula is C14H19Br2N. The van der Waals surface area contributed by atoms with Gasteiger partial charge in [-0.25, -0.2) is 0 Å². The summed E-state index contributed by atoms with van der Waals surface area (Å²) in [5.74, 6) is 0. The lowest BCUT2D eigenvalue weighted by atomic mass is 9.84. The molecule has 94 valence electrons. The molecule has 17 heavy (non-hydrogen) atoms. The lowest BCUT2D eigenvalue weighted by Crippen LogP contribution is -2.40. The Labute approximate surface area is 121 Å². The number of alkyl halides is 1. The summed E-state index contributed by atoms with van der Waals surface area (Å²) in [5.41, 5.74) is 3.10. The van der Waals surface area contributed by atoms with Crippen LogP contribution in [-0.4, -0.2) is 13.1 Å². The smallest absolute Gasteiger partial charge is 0.0377 e. The van der Waals surface area contributed by atoms with Crippen molar-refractivity contribution in [3.8, 4) is 0 Å². The van der Waals surface area contributed by atoms with Crippen LogP contribution in [0.2, 0.25) is 0 Å². The minimum absolute atomic E-state index is 0.443. The van der Waals surface area contributed by atoms with Gasteiger partial charge in [0.15, 0.2) is 0 Å². The molecule has 0 N–H and O–H groups in total. The van der Waals surface area contributed by atoms with E-state index in [4.69, 9.17) is 0 Å². The average molecular weight is 361 g/mol. The Morgan fingerprint density at radius 3 is 2.71 bits per heavy atom. The van der Waals surface area contributed by atoms with E-state index in [1.165, 1.54) is 35.1 Å². The molecule has 1 aromatic carbocycles. The van der Waals surface area contributed by atoms with Gasteiger partial charge >= 0.3 is 0 Å². The Kier molecular flexibility index (Phi) is 4.19. The van der Waals surface area contributed by atoms with Crippen LogP contribution in [0, 0.1) is 5.41 Å². The SMILES string of the molecule is CC1(C)CCCN(c2ccc(CBr)c(Br)c2)C1. The highest BCUT2D eigenvalue weighted by molar-refractivity contribution is 9.10. The molecule has 0 saturated carbocycles. The number of hydrogen-bond acceptors (Lipinski definition) is 1. The molecule has 2 rings (SSSR count). The van der Waals surface area contributed by atoms with Crippen molar-refractivity contribution in [2.45, 2.75) is 32.0 Å². The van der Waals surface area contributed by atoms with E-state index in [0.717, 1.165) is 11.9 Å². The number of anilines is 1. The summed E-state index contributed by atoms with van der Waals surface area (Å²) in [6, 6.07) is 6.69. The summed E-state index contributed by atoms with van der Waals surface area (Å²) >= 11 is 7.15. The standard InChI is InChI=1S/C14H19Br2N/c1-14(2)6-3-7-17(10-14)12-5-4-11(9-15)13(16)8-12/h4-5,8H,3,6-7,9-10H2,1-2H3. The number of halogens is 2. The van der Waals surface area contributed by atoms with Crippen LogP contribution < -0.4 is 4.90 Å². The first-order valence-corrected chi connectivity index (χ1v) is 8.03. The minimum Gasteiger partial charge on any atom is -0.371 e. The fourth-order valence-corrected chi connectivity index (χ4v) is 3.86. The number of rotatable bonds is 2. The fraction of sp³-hybridized carbons (Fsp3) is 0.571. The zero-order valence-electron chi connectivity index (χ0n) is 10.5. The highest BCUT2D eigenvalue weighted by Gasteiger charge is 2.26. The molecule has 1 heterocycles. The lowest BCUT2D eigenvalue weighted by Gasteiger charge is -2.39. The van der Waals surface area contributed by atoms with Gasteiger partial charge in [-0.1, -0.05) is 51.8 Å². The van der Waals surface area contributed by atoms with E-state index < -0.39 is 0 Å². The maximum Gasteiger partial charge on any atom is 0.0377 e. The van der Waals surface area contributed by atoms with Crippen LogP contribution in [0.15, 0.2) is 22.7 Å². The summed E-state index contributed by atoms with van der Waals surface area (Å²) in [6.07, 6.45) is 2.63. The second kappa shape index (κ2) is 5.31. The van der Waals surface area contributed by atoms with Crippen molar-refractivity contribution in [1.29, 1.82) is 0 Å². The van der Waals surface area contributed by atoms with Crippen LogP contribution >= 0.6 is 31.9 Å². The van der Waals surface area contributed by atoms with Gasteiger partial charge in [-0.2, -0.15) is 0 Å². The first-order valence-electron chi connectivity index (χ1n) is 6.11. The van der Waals surface area contributed by atoms with Crippen LogP contribution in [0.1, 0.15) is 32.3 Å². The molecule has 0 unspecified atom stereocenters. The van der Waals surface area contributed by atoms with Crippen LogP contribution in [-0.2, 0) is 5.33 Å². The van der Waals surface area contributed by atoms with Gasteiger partial charge in [0.05, 0.1) is 0 Å². The van der Waals surface area contributed by atoms with Crippen molar-refractivity contribution in [3.05, 3.63) is 28.2 Å². The van der Waals surface area contributed by atoms with E-state index in [9.17, 15) is 0 Å². The summed E-state index contributed by atoms with van der Waals surface area (Å²) < 4.78 is 1.20. The molecule has 1 aliphatic rings. The van der Waals surface area contributed by atoms with Gasteiger partial charge in [0.25, 0.3) is 0 Å². The van der Waals surface area contributed by atoms with Crippen molar-refractivity contribution >= 4 is 37.5 Å². The monoisotopic (exact) mass is 359 g/mol. The third kappa shape index (κ3) is 3.25. The van der Waals surface area contributed by atoms with Gasteiger partial charge in [0, 0.05) is 28.6 Å². The molecule has 0 radical (unpaired) electrons. The molecular weight excluding hydrogens is 342 g/mol. The number of nitrogens with zero attached hydrogens (tertiary/aromatic N) is 1. The molecule has 1 saturated heterocycles. The highest BCUT2D eigenvalue weighted by Crippen LogP contribution is 2.33. The highest BCUT2D eigenvalue weighted by atomic mass is 79.9. The Bertz CT molecular complexity index is 401. The molecule has 0 aliphatic carbocycles. The van der Waals surface area contributed by atoms with Crippen LogP contribution in [0.3, 0.4) is 0 Å². The van der Waals surface area contributed by atoms with E-state index in [1.807, 2.05) is 0 Å². The maximum atomic E-state index is 3.65. The van der Waals surface area contributed by atoms with Gasteiger partial charge in [-0.3, -0.25) is 0 Å². The Balaban J connectivity index is 2.19. The van der Waals surface area contributed by atoms with E-state index in [0.29, 0.717) is 5.41 Å². The van der Waals surface area contributed by atoms with E-state index in [1.54, 1.807) is 0 Å². The largest absolute Gasteiger partial charge is 0.371 e. The minimum atomic E-state index is 0.443. The van der Waals surface area contributed by atoms with Gasteiger partial charge in [0.2, 0.25) is 0 Å². The normalized spacial score (nSPS) is 19.4. The lowest BCUT2D eigenvalue weighted by molar-refractivity contribution is 0.293. The molecule has 0 atom stereocenters.